The summed E-state index contributed by atoms with van der Waals surface area (Å²) >= 11 is 0. The lowest BCUT2D eigenvalue weighted by molar-refractivity contribution is -0.141. The lowest BCUT2D eigenvalue weighted by Gasteiger charge is -2.08. The first kappa shape index (κ1) is 14.4. The van der Waals surface area contributed by atoms with Crippen molar-refractivity contribution in [3.8, 4) is 5.69 Å². The quantitative estimate of drug-likeness (QED) is 0.783. The monoisotopic (exact) mass is 293 g/mol. The van der Waals surface area contributed by atoms with Crippen LogP contribution in [-0.2, 0) is 11.2 Å². The fourth-order valence-corrected chi connectivity index (χ4v) is 2.86. The van der Waals surface area contributed by atoms with Gasteiger partial charge in [-0.2, -0.15) is 0 Å². The molecule has 1 aromatic heterocycles. The van der Waals surface area contributed by atoms with E-state index in [1.165, 1.54) is 5.56 Å². The molecular formula is C19H19NO2. The van der Waals surface area contributed by atoms with Gasteiger partial charge in [0.1, 0.15) is 0 Å². The number of carbonyl (C=O) groups is 1. The highest BCUT2D eigenvalue weighted by Gasteiger charge is 2.16. The largest absolute Gasteiger partial charge is 0.481 e. The first-order valence-corrected chi connectivity index (χ1v) is 7.45. The summed E-state index contributed by atoms with van der Waals surface area (Å²) in [5.74, 6) is -1.15. The fourth-order valence-electron chi connectivity index (χ4n) is 2.86. The molecule has 112 valence electrons. The maximum absolute atomic E-state index is 11.2. The van der Waals surface area contributed by atoms with E-state index in [2.05, 4.69) is 42.0 Å². The minimum atomic E-state index is -0.757. The summed E-state index contributed by atoms with van der Waals surface area (Å²) in [6.45, 7) is 3.84. The molecule has 3 aromatic rings. The number of para-hydroxylation sites is 2. The number of benzene rings is 2. The van der Waals surface area contributed by atoms with Gasteiger partial charge in [-0.15, -0.1) is 0 Å². The van der Waals surface area contributed by atoms with Gasteiger partial charge in [-0.05, 0) is 36.6 Å². The highest BCUT2D eigenvalue weighted by molar-refractivity contribution is 5.86. The predicted molar refractivity (Wildman–Crippen MR) is 88.5 cm³/mol. The van der Waals surface area contributed by atoms with E-state index in [1.54, 1.807) is 6.92 Å². The molecule has 1 N–H and O–H groups in total. The van der Waals surface area contributed by atoms with Crippen LogP contribution in [-0.4, -0.2) is 15.6 Å². The molecule has 0 aliphatic rings. The number of fused-ring (bicyclic) bond motifs is 1. The maximum Gasteiger partial charge on any atom is 0.306 e. The number of aryl methyl sites for hydroxylation is 1. The van der Waals surface area contributed by atoms with E-state index in [-0.39, 0.29) is 0 Å². The Kier molecular flexibility index (Phi) is 3.72. The van der Waals surface area contributed by atoms with Crippen LogP contribution < -0.4 is 0 Å². The molecule has 0 unspecified atom stereocenters. The average molecular weight is 293 g/mol. The summed E-state index contributed by atoms with van der Waals surface area (Å²) < 4.78 is 2.16. The minimum absolute atomic E-state index is 0.392. The topological polar surface area (TPSA) is 42.2 Å². The van der Waals surface area contributed by atoms with Crippen molar-refractivity contribution in [2.45, 2.75) is 20.3 Å². The molecule has 0 saturated heterocycles. The zero-order chi connectivity index (χ0) is 15.7. The number of aliphatic carboxylic acids is 1. The predicted octanol–water partition coefficient (Wildman–Crippen LogP) is 4.20. The van der Waals surface area contributed by atoms with Gasteiger partial charge >= 0.3 is 5.97 Å². The number of rotatable bonds is 4. The molecule has 3 rings (SSSR count). The van der Waals surface area contributed by atoms with Crippen LogP contribution in [0, 0.1) is 12.8 Å². The molecular weight excluding hydrogens is 274 g/mol. The average Bonchev–Trinajstić information content (AvgIpc) is 2.86. The van der Waals surface area contributed by atoms with E-state index >= 15 is 0 Å². The molecule has 0 spiro atoms. The number of carboxylic acid groups (broad SMARTS) is 1. The Morgan fingerprint density at radius 2 is 1.82 bits per heavy atom. The smallest absolute Gasteiger partial charge is 0.306 e. The molecule has 0 aliphatic heterocycles. The summed E-state index contributed by atoms with van der Waals surface area (Å²) in [6, 6.07) is 16.4. The molecule has 2 aromatic carbocycles. The van der Waals surface area contributed by atoms with Crippen LogP contribution in [0.2, 0.25) is 0 Å². The second-order valence-corrected chi connectivity index (χ2v) is 5.77. The molecule has 0 aliphatic carbocycles. The van der Waals surface area contributed by atoms with Crippen molar-refractivity contribution in [1.82, 2.24) is 4.57 Å². The van der Waals surface area contributed by atoms with Gasteiger partial charge in [0.15, 0.2) is 0 Å². The number of hydrogen-bond acceptors (Lipinski definition) is 1. The van der Waals surface area contributed by atoms with Crippen molar-refractivity contribution in [2.75, 3.05) is 0 Å². The highest BCUT2D eigenvalue weighted by Crippen LogP contribution is 2.28. The van der Waals surface area contributed by atoms with E-state index in [1.807, 2.05) is 24.3 Å². The van der Waals surface area contributed by atoms with Crippen molar-refractivity contribution in [2.24, 2.45) is 5.92 Å². The lowest BCUT2D eigenvalue weighted by atomic mass is 10.0. The van der Waals surface area contributed by atoms with Crippen molar-refractivity contribution in [3.63, 3.8) is 0 Å². The van der Waals surface area contributed by atoms with E-state index < -0.39 is 11.9 Å². The summed E-state index contributed by atoms with van der Waals surface area (Å²) in [5.41, 5.74) is 4.52. The van der Waals surface area contributed by atoms with Crippen molar-refractivity contribution in [1.29, 1.82) is 0 Å². The third kappa shape index (κ3) is 2.50. The van der Waals surface area contributed by atoms with E-state index in [9.17, 15) is 9.90 Å². The van der Waals surface area contributed by atoms with Crippen LogP contribution in [0.25, 0.3) is 16.6 Å². The van der Waals surface area contributed by atoms with E-state index in [0.717, 1.165) is 22.2 Å². The van der Waals surface area contributed by atoms with E-state index in [0.29, 0.717) is 6.42 Å². The SMILES string of the molecule is Cc1ccccc1-n1cc(C[C@H](C)C(=O)O)c2ccccc21. The van der Waals surface area contributed by atoms with Crippen LogP contribution in [0.3, 0.4) is 0 Å². The van der Waals surface area contributed by atoms with Crippen molar-refractivity contribution < 1.29 is 9.90 Å². The molecule has 1 heterocycles. The lowest BCUT2D eigenvalue weighted by Crippen LogP contribution is -2.11. The van der Waals surface area contributed by atoms with Gasteiger partial charge in [0.05, 0.1) is 11.4 Å². The zero-order valence-electron chi connectivity index (χ0n) is 12.8. The molecule has 22 heavy (non-hydrogen) atoms. The standard InChI is InChI=1S/C19H19NO2/c1-13-7-3-5-9-17(13)20-12-15(11-14(2)19(21)22)16-8-4-6-10-18(16)20/h3-10,12,14H,11H2,1-2H3,(H,21,22)/t14-/m0/s1. The molecule has 1 atom stereocenters. The Bertz CT molecular complexity index is 832. The number of aromatic nitrogens is 1. The fraction of sp³-hybridized carbons (Fsp3) is 0.211. The second-order valence-electron chi connectivity index (χ2n) is 5.77. The second kappa shape index (κ2) is 5.68. The first-order chi connectivity index (χ1) is 10.6. The van der Waals surface area contributed by atoms with Gasteiger partial charge in [0.25, 0.3) is 0 Å². The Balaban J connectivity index is 2.16. The molecule has 0 bridgehead atoms. The Hall–Kier alpha value is -2.55. The zero-order valence-corrected chi connectivity index (χ0v) is 12.8. The molecule has 0 fully saturated rings. The summed E-state index contributed by atoms with van der Waals surface area (Å²) in [7, 11) is 0. The van der Waals surface area contributed by atoms with Gasteiger partial charge in [-0.1, -0.05) is 43.3 Å². The molecule has 0 saturated carbocycles. The van der Waals surface area contributed by atoms with Gasteiger partial charge in [-0.25, -0.2) is 0 Å². The van der Waals surface area contributed by atoms with Crippen LogP contribution >= 0.6 is 0 Å². The van der Waals surface area contributed by atoms with Gasteiger partial charge < -0.3 is 9.67 Å². The van der Waals surface area contributed by atoms with Crippen LogP contribution in [0.5, 0.6) is 0 Å². The van der Waals surface area contributed by atoms with Crippen LogP contribution in [0.15, 0.2) is 54.7 Å². The highest BCUT2D eigenvalue weighted by atomic mass is 16.4. The van der Waals surface area contributed by atoms with Gasteiger partial charge in [0.2, 0.25) is 0 Å². The van der Waals surface area contributed by atoms with Gasteiger partial charge in [-0.3, -0.25) is 4.79 Å². The van der Waals surface area contributed by atoms with Crippen molar-refractivity contribution >= 4 is 16.9 Å². The number of carboxylic acids is 1. The Labute approximate surface area is 129 Å². The minimum Gasteiger partial charge on any atom is -0.481 e. The van der Waals surface area contributed by atoms with Gasteiger partial charge in [0, 0.05) is 17.3 Å². The third-order valence-electron chi connectivity index (χ3n) is 4.12. The van der Waals surface area contributed by atoms with Crippen molar-refractivity contribution in [3.05, 3.63) is 65.9 Å². The molecule has 3 nitrogen and oxygen atoms in total. The third-order valence-corrected chi connectivity index (χ3v) is 4.12. The summed E-state index contributed by atoms with van der Waals surface area (Å²) in [6.07, 6.45) is 2.61. The Morgan fingerprint density at radius 3 is 2.55 bits per heavy atom. The Morgan fingerprint density at radius 1 is 1.14 bits per heavy atom. The number of nitrogens with zero attached hydrogens (tertiary/aromatic N) is 1. The summed E-state index contributed by atoms with van der Waals surface area (Å²) in [5, 5.41) is 10.3. The molecule has 3 heteroatoms. The maximum atomic E-state index is 11.2. The number of hydrogen-bond donors (Lipinski definition) is 1. The normalized spacial score (nSPS) is 12.5. The first-order valence-electron chi connectivity index (χ1n) is 7.45. The molecule has 0 amide bonds. The van der Waals surface area contributed by atoms with Crippen LogP contribution in [0.1, 0.15) is 18.1 Å². The molecule has 0 radical (unpaired) electrons. The summed E-state index contributed by atoms with van der Waals surface area (Å²) in [4.78, 5) is 11.2. The van der Waals surface area contributed by atoms with Crippen LogP contribution in [0.4, 0.5) is 0 Å². The van der Waals surface area contributed by atoms with E-state index in [4.69, 9.17) is 0 Å².